The zero-order chi connectivity index (χ0) is 16.9. The van der Waals surface area contributed by atoms with Crippen LogP contribution in [-0.4, -0.2) is 51.0 Å². The van der Waals surface area contributed by atoms with Gasteiger partial charge in [0.05, 0.1) is 19.3 Å². The Bertz CT molecular complexity index is 573. The summed E-state index contributed by atoms with van der Waals surface area (Å²) in [5.41, 5.74) is 9.14. The standard InChI is InChI=1S/C18H27N3O3/c1-13-2-3-14(16(10-13)21-6-8-23-9-7-21)12-20-18(22)17-5-4-15(11-19)24-17/h2-3,10,15,17H,4-9,11-12,19H2,1H3,(H,20,22)/t15-,17+/m1/s1. The summed E-state index contributed by atoms with van der Waals surface area (Å²) < 4.78 is 11.1. The first-order valence-electron chi connectivity index (χ1n) is 8.73. The third-order valence-corrected chi connectivity index (χ3v) is 4.71. The maximum atomic E-state index is 12.3. The van der Waals surface area contributed by atoms with Gasteiger partial charge in [0.15, 0.2) is 0 Å². The highest BCUT2D eigenvalue weighted by atomic mass is 16.5. The molecule has 0 unspecified atom stereocenters. The lowest BCUT2D eigenvalue weighted by Gasteiger charge is -2.31. The highest BCUT2D eigenvalue weighted by Gasteiger charge is 2.29. The molecule has 132 valence electrons. The van der Waals surface area contributed by atoms with Crippen LogP contribution in [0.3, 0.4) is 0 Å². The first-order chi connectivity index (χ1) is 11.7. The van der Waals surface area contributed by atoms with Crippen molar-refractivity contribution in [3.05, 3.63) is 29.3 Å². The maximum absolute atomic E-state index is 12.3. The second kappa shape index (κ2) is 7.96. The van der Waals surface area contributed by atoms with Gasteiger partial charge in [-0.05, 0) is 37.0 Å². The minimum Gasteiger partial charge on any atom is -0.378 e. The van der Waals surface area contributed by atoms with Gasteiger partial charge in [0.1, 0.15) is 6.10 Å². The number of carbonyl (C=O) groups is 1. The number of amides is 1. The summed E-state index contributed by atoms with van der Waals surface area (Å²) in [5.74, 6) is -0.0422. The van der Waals surface area contributed by atoms with Crippen LogP contribution >= 0.6 is 0 Å². The van der Waals surface area contributed by atoms with Gasteiger partial charge in [-0.2, -0.15) is 0 Å². The van der Waals surface area contributed by atoms with Crippen LogP contribution in [0.1, 0.15) is 24.0 Å². The Morgan fingerprint density at radius 3 is 2.83 bits per heavy atom. The minimum atomic E-state index is -0.365. The van der Waals surface area contributed by atoms with E-state index in [2.05, 4.69) is 35.3 Å². The quantitative estimate of drug-likeness (QED) is 0.839. The molecule has 2 aliphatic rings. The number of aryl methyl sites for hydroxylation is 1. The number of hydrogen-bond donors (Lipinski definition) is 2. The van der Waals surface area contributed by atoms with Gasteiger partial charge in [-0.15, -0.1) is 0 Å². The molecule has 1 amide bonds. The molecule has 0 radical (unpaired) electrons. The largest absolute Gasteiger partial charge is 0.378 e. The van der Waals surface area contributed by atoms with E-state index in [9.17, 15) is 4.79 Å². The normalized spacial score (nSPS) is 24.2. The van der Waals surface area contributed by atoms with Crippen molar-refractivity contribution in [3.8, 4) is 0 Å². The third-order valence-electron chi connectivity index (χ3n) is 4.71. The molecule has 0 bridgehead atoms. The summed E-state index contributed by atoms with van der Waals surface area (Å²) in [7, 11) is 0. The Kier molecular flexibility index (Phi) is 5.71. The van der Waals surface area contributed by atoms with Gasteiger partial charge >= 0.3 is 0 Å². The lowest BCUT2D eigenvalue weighted by Crippen LogP contribution is -2.38. The predicted octanol–water partition coefficient (Wildman–Crippen LogP) is 0.954. The molecule has 6 nitrogen and oxygen atoms in total. The van der Waals surface area contributed by atoms with Crippen LogP contribution in [0, 0.1) is 6.92 Å². The fourth-order valence-corrected chi connectivity index (χ4v) is 3.29. The van der Waals surface area contributed by atoms with Crippen LogP contribution in [0.15, 0.2) is 18.2 Å². The molecular formula is C18H27N3O3. The summed E-state index contributed by atoms with van der Waals surface area (Å²) in [5, 5.41) is 3.02. The summed E-state index contributed by atoms with van der Waals surface area (Å²) in [6, 6.07) is 6.36. The Morgan fingerprint density at radius 2 is 2.12 bits per heavy atom. The lowest BCUT2D eigenvalue weighted by atomic mass is 10.1. The number of ether oxygens (including phenoxy) is 2. The molecule has 1 aromatic rings. The van der Waals surface area contributed by atoms with Gasteiger partial charge in [-0.3, -0.25) is 4.79 Å². The summed E-state index contributed by atoms with van der Waals surface area (Å²) in [6.07, 6.45) is 1.26. The zero-order valence-electron chi connectivity index (χ0n) is 14.3. The van der Waals surface area contributed by atoms with Crippen molar-refractivity contribution in [2.75, 3.05) is 37.7 Å². The van der Waals surface area contributed by atoms with E-state index >= 15 is 0 Å². The fourth-order valence-electron chi connectivity index (χ4n) is 3.29. The van der Waals surface area contributed by atoms with Crippen molar-refractivity contribution >= 4 is 11.6 Å². The maximum Gasteiger partial charge on any atom is 0.249 e. The van der Waals surface area contributed by atoms with Gasteiger partial charge in [-0.1, -0.05) is 12.1 Å². The van der Waals surface area contributed by atoms with Crippen LogP contribution in [0.2, 0.25) is 0 Å². The molecule has 2 saturated heterocycles. The van der Waals surface area contributed by atoms with E-state index in [0.717, 1.165) is 44.7 Å². The summed E-state index contributed by atoms with van der Waals surface area (Å²) in [4.78, 5) is 14.7. The zero-order valence-corrected chi connectivity index (χ0v) is 14.3. The number of carbonyl (C=O) groups excluding carboxylic acids is 1. The number of nitrogens with one attached hydrogen (secondary N) is 1. The average molecular weight is 333 g/mol. The highest BCUT2D eigenvalue weighted by Crippen LogP contribution is 2.24. The Morgan fingerprint density at radius 1 is 1.33 bits per heavy atom. The molecule has 0 aromatic heterocycles. The highest BCUT2D eigenvalue weighted by molar-refractivity contribution is 5.81. The van der Waals surface area contributed by atoms with E-state index < -0.39 is 0 Å². The SMILES string of the molecule is Cc1ccc(CNC(=O)[C@@H]2CC[C@H](CN)O2)c(N2CCOCC2)c1. The second-order valence-electron chi connectivity index (χ2n) is 6.51. The molecule has 0 aliphatic carbocycles. The predicted molar refractivity (Wildman–Crippen MR) is 93.0 cm³/mol. The lowest BCUT2D eigenvalue weighted by molar-refractivity contribution is -0.132. The molecule has 2 fully saturated rings. The molecule has 24 heavy (non-hydrogen) atoms. The van der Waals surface area contributed by atoms with Gasteiger partial charge in [0.2, 0.25) is 5.91 Å². The van der Waals surface area contributed by atoms with Crippen LogP contribution in [-0.2, 0) is 20.8 Å². The number of rotatable bonds is 5. The van der Waals surface area contributed by atoms with Gasteiger partial charge < -0.3 is 25.4 Å². The van der Waals surface area contributed by atoms with Gasteiger partial charge in [-0.25, -0.2) is 0 Å². The average Bonchev–Trinajstić information content (AvgIpc) is 3.10. The topological polar surface area (TPSA) is 76.8 Å². The van der Waals surface area contributed by atoms with Crippen molar-refractivity contribution in [1.29, 1.82) is 0 Å². The Labute approximate surface area is 143 Å². The van der Waals surface area contributed by atoms with Gasteiger partial charge in [0, 0.05) is 31.9 Å². The van der Waals surface area contributed by atoms with E-state index in [1.165, 1.54) is 11.3 Å². The molecular weight excluding hydrogens is 306 g/mol. The molecule has 0 saturated carbocycles. The number of nitrogens with zero attached hydrogens (tertiary/aromatic N) is 1. The fraction of sp³-hybridized carbons (Fsp3) is 0.611. The van der Waals surface area contributed by atoms with E-state index in [4.69, 9.17) is 15.2 Å². The smallest absolute Gasteiger partial charge is 0.249 e. The minimum absolute atomic E-state index is 0.0176. The molecule has 0 spiro atoms. The van der Waals surface area contributed by atoms with Crippen LogP contribution in [0.4, 0.5) is 5.69 Å². The monoisotopic (exact) mass is 333 g/mol. The first kappa shape index (κ1) is 17.2. The van der Waals surface area contributed by atoms with Crippen molar-refractivity contribution in [1.82, 2.24) is 5.32 Å². The Balaban J connectivity index is 1.63. The molecule has 2 heterocycles. The van der Waals surface area contributed by atoms with E-state index in [1.54, 1.807) is 0 Å². The van der Waals surface area contributed by atoms with Crippen LogP contribution in [0.25, 0.3) is 0 Å². The van der Waals surface area contributed by atoms with Crippen molar-refractivity contribution in [2.45, 2.75) is 38.5 Å². The Hall–Kier alpha value is -1.63. The van der Waals surface area contributed by atoms with Crippen molar-refractivity contribution < 1.29 is 14.3 Å². The van der Waals surface area contributed by atoms with Crippen molar-refractivity contribution in [3.63, 3.8) is 0 Å². The van der Waals surface area contributed by atoms with Crippen LogP contribution < -0.4 is 16.0 Å². The molecule has 2 atom stereocenters. The van der Waals surface area contributed by atoms with Crippen LogP contribution in [0.5, 0.6) is 0 Å². The summed E-state index contributed by atoms with van der Waals surface area (Å²) in [6.45, 7) is 6.34. The number of hydrogen-bond acceptors (Lipinski definition) is 5. The molecule has 3 rings (SSSR count). The molecule has 1 aromatic carbocycles. The molecule has 2 aliphatic heterocycles. The first-order valence-corrected chi connectivity index (χ1v) is 8.73. The third kappa shape index (κ3) is 4.06. The van der Waals surface area contributed by atoms with E-state index in [0.29, 0.717) is 13.1 Å². The number of anilines is 1. The van der Waals surface area contributed by atoms with Gasteiger partial charge in [0.25, 0.3) is 0 Å². The number of morpholine rings is 1. The number of benzene rings is 1. The van der Waals surface area contributed by atoms with E-state index in [1.807, 2.05) is 0 Å². The van der Waals surface area contributed by atoms with Crippen molar-refractivity contribution in [2.24, 2.45) is 5.73 Å². The molecule has 6 heteroatoms. The molecule has 3 N–H and O–H groups in total. The number of nitrogens with two attached hydrogens (primary N) is 1. The second-order valence-corrected chi connectivity index (χ2v) is 6.51. The van der Waals surface area contributed by atoms with E-state index in [-0.39, 0.29) is 18.1 Å². The summed E-state index contributed by atoms with van der Waals surface area (Å²) >= 11 is 0.